The Morgan fingerprint density at radius 3 is 2.60 bits per heavy atom. The van der Waals surface area contributed by atoms with Crippen molar-refractivity contribution in [2.24, 2.45) is 0 Å². The van der Waals surface area contributed by atoms with Crippen LogP contribution >= 0.6 is 11.8 Å². The van der Waals surface area contributed by atoms with Crippen LogP contribution in [0.15, 0.2) is 63.4 Å². The fourth-order valence-corrected chi connectivity index (χ4v) is 2.21. The summed E-state index contributed by atoms with van der Waals surface area (Å²) in [7, 11) is 0. The van der Waals surface area contributed by atoms with E-state index in [0.717, 1.165) is 11.3 Å². The van der Waals surface area contributed by atoms with Gasteiger partial charge in [0.05, 0.1) is 0 Å². The van der Waals surface area contributed by atoms with Crippen molar-refractivity contribution in [3.05, 3.63) is 54.4 Å². The largest absolute Gasteiger partial charge is 0.439 e. The van der Waals surface area contributed by atoms with E-state index in [1.54, 1.807) is 18.4 Å². The van der Waals surface area contributed by atoms with E-state index in [4.69, 9.17) is 9.68 Å². The molecular weight excluding hydrogens is 272 g/mol. The number of hydrogen-bond donors (Lipinski definition) is 0. The van der Waals surface area contributed by atoms with Crippen LogP contribution < -0.4 is 0 Å². The van der Waals surface area contributed by atoms with Gasteiger partial charge in [0.25, 0.3) is 5.22 Å². The van der Waals surface area contributed by atoms with Crippen molar-refractivity contribution < 1.29 is 4.42 Å². The molecule has 0 amide bonds. The molecule has 96 valence electrons. The third-order valence-electron chi connectivity index (χ3n) is 2.50. The SMILES string of the molecule is N#Cc1ccc(Sc2nc(-c3ccccc3)co2)nn1. The highest BCUT2D eigenvalue weighted by Gasteiger charge is 2.08. The number of rotatable bonds is 3. The molecule has 0 radical (unpaired) electrons. The lowest BCUT2D eigenvalue weighted by Gasteiger charge is -1.94. The summed E-state index contributed by atoms with van der Waals surface area (Å²) >= 11 is 1.26. The highest BCUT2D eigenvalue weighted by Crippen LogP contribution is 2.27. The third kappa shape index (κ3) is 2.68. The van der Waals surface area contributed by atoms with E-state index in [-0.39, 0.29) is 5.69 Å². The van der Waals surface area contributed by atoms with Crippen molar-refractivity contribution in [2.75, 3.05) is 0 Å². The second kappa shape index (κ2) is 5.55. The molecule has 0 saturated heterocycles. The fourth-order valence-electron chi connectivity index (χ4n) is 1.57. The molecule has 1 aromatic carbocycles. The van der Waals surface area contributed by atoms with Gasteiger partial charge < -0.3 is 4.42 Å². The maximum absolute atomic E-state index is 8.66. The van der Waals surface area contributed by atoms with E-state index in [2.05, 4.69) is 15.2 Å². The van der Waals surface area contributed by atoms with Crippen LogP contribution in [-0.2, 0) is 0 Å². The lowest BCUT2D eigenvalue weighted by molar-refractivity contribution is 0.454. The van der Waals surface area contributed by atoms with Gasteiger partial charge in [0, 0.05) is 5.56 Å². The third-order valence-corrected chi connectivity index (χ3v) is 3.29. The number of hydrogen-bond acceptors (Lipinski definition) is 6. The Morgan fingerprint density at radius 1 is 1.05 bits per heavy atom. The van der Waals surface area contributed by atoms with E-state index in [0.29, 0.717) is 10.2 Å². The van der Waals surface area contributed by atoms with E-state index in [1.807, 2.05) is 36.4 Å². The van der Waals surface area contributed by atoms with Crippen molar-refractivity contribution in [1.29, 1.82) is 5.26 Å². The predicted molar refractivity (Wildman–Crippen MR) is 72.8 cm³/mol. The van der Waals surface area contributed by atoms with E-state index in [9.17, 15) is 0 Å². The minimum Gasteiger partial charge on any atom is -0.439 e. The maximum atomic E-state index is 8.66. The topological polar surface area (TPSA) is 75.6 Å². The Labute approximate surface area is 119 Å². The van der Waals surface area contributed by atoms with Gasteiger partial charge in [0.2, 0.25) is 0 Å². The number of aromatic nitrogens is 3. The number of nitrogens with zero attached hydrogens (tertiary/aromatic N) is 4. The predicted octanol–water partition coefficient (Wildman–Crippen LogP) is 3.15. The molecule has 0 spiro atoms. The zero-order valence-corrected chi connectivity index (χ0v) is 11.0. The Kier molecular flexibility index (Phi) is 3.44. The molecule has 3 aromatic rings. The van der Waals surface area contributed by atoms with Gasteiger partial charge in [-0.15, -0.1) is 10.2 Å². The summed E-state index contributed by atoms with van der Waals surface area (Å²) in [5, 5.41) is 17.5. The van der Waals surface area contributed by atoms with E-state index >= 15 is 0 Å². The molecule has 0 aliphatic rings. The summed E-state index contributed by atoms with van der Waals surface area (Å²) in [6, 6.07) is 15.0. The molecule has 0 fully saturated rings. The monoisotopic (exact) mass is 280 g/mol. The van der Waals surface area contributed by atoms with Crippen LogP contribution in [0.3, 0.4) is 0 Å². The molecule has 0 aliphatic carbocycles. The van der Waals surface area contributed by atoms with Crippen LogP contribution in [0.1, 0.15) is 5.69 Å². The summed E-state index contributed by atoms with van der Waals surface area (Å²) in [4.78, 5) is 4.38. The van der Waals surface area contributed by atoms with Gasteiger partial charge in [-0.2, -0.15) is 5.26 Å². The molecule has 2 heterocycles. The number of benzene rings is 1. The molecular formula is C14H8N4OS. The molecule has 6 heteroatoms. The Bertz CT molecular complexity index is 747. The van der Waals surface area contributed by atoms with Crippen LogP contribution in [0, 0.1) is 11.3 Å². The summed E-state index contributed by atoms with van der Waals surface area (Å²) in [6.07, 6.45) is 1.61. The van der Waals surface area contributed by atoms with Gasteiger partial charge in [-0.3, -0.25) is 0 Å². The quantitative estimate of drug-likeness (QED) is 0.733. The first-order valence-electron chi connectivity index (χ1n) is 5.78. The minimum absolute atomic E-state index is 0.284. The smallest absolute Gasteiger partial charge is 0.262 e. The average Bonchev–Trinajstić information content (AvgIpc) is 2.97. The first-order chi connectivity index (χ1) is 9.85. The van der Waals surface area contributed by atoms with Crippen molar-refractivity contribution in [3.8, 4) is 17.3 Å². The standard InChI is InChI=1S/C14H8N4OS/c15-8-11-6-7-13(18-17-11)20-14-16-12(9-19-14)10-4-2-1-3-5-10/h1-7,9H. The van der Waals surface area contributed by atoms with E-state index in [1.165, 1.54) is 11.8 Å². The summed E-state index contributed by atoms with van der Waals surface area (Å²) in [6.45, 7) is 0. The van der Waals surface area contributed by atoms with Gasteiger partial charge in [-0.05, 0) is 23.9 Å². The summed E-state index contributed by atoms with van der Waals surface area (Å²) in [5.41, 5.74) is 2.05. The highest BCUT2D eigenvalue weighted by atomic mass is 32.2. The van der Waals surface area contributed by atoms with Crippen LogP contribution in [0.5, 0.6) is 0 Å². The highest BCUT2D eigenvalue weighted by molar-refractivity contribution is 7.99. The zero-order chi connectivity index (χ0) is 13.8. The van der Waals surface area contributed by atoms with Crippen molar-refractivity contribution in [3.63, 3.8) is 0 Å². The summed E-state index contributed by atoms with van der Waals surface area (Å²) in [5.74, 6) is 0. The Balaban J connectivity index is 1.79. The summed E-state index contributed by atoms with van der Waals surface area (Å²) < 4.78 is 5.40. The van der Waals surface area contributed by atoms with Gasteiger partial charge in [0.1, 0.15) is 23.1 Å². The van der Waals surface area contributed by atoms with Crippen molar-refractivity contribution >= 4 is 11.8 Å². The molecule has 0 unspecified atom stereocenters. The lowest BCUT2D eigenvalue weighted by atomic mass is 10.2. The normalized spacial score (nSPS) is 10.2. The maximum Gasteiger partial charge on any atom is 0.262 e. The lowest BCUT2D eigenvalue weighted by Crippen LogP contribution is -1.88. The number of nitriles is 1. The second-order valence-electron chi connectivity index (χ2n) is 3.84. The van der Waals surface area contributed by atoms with Gasteiger partial charge >= 0.3 is 0 Å². The van der Waals surface area contributed by atoms with Crippen LogP contribution in [-0.4, -0.2) is 15.2 Å². The minimum atomic E-state index is 0.284. The fraction of sp³-hybridized carbons (Fsp3) is 0. The van der Waals surface area contributed by atoms with E-state index < -0.39 is 0 Å². The van der Waals surface area contributed by atoms with Crippen LogP contribution in [0.2, 0.25) is 0 Å². The van der Waals surface area contributed by atoms with Crippen LogP contribution in [0.25, 0.3) is 11.3 Å². The molecule has 0 N–H and O–H groups in total. The molecule has 3 rings (SSSR count). The Morgan fingerprint density at radius 2 is 1.90 bits per heavy atom. The number of oxazole rings is 1. The molecule has 0 bridgehead atoms. The first-order valence-corrected chi connectivity index (χ1v) is 6.59. The van der Waals surface area contributed by atoms with Gasteiger partial charge in [-0.1, -0.05) is 30.3 Å². The average molecular weight is 280 g/mol. The van der Waals surface area contributed by atoms with Crippen molar-refractivity contribution in [1.82, 2.24) is 15.2 Å². The van der Waals surface area contributed by atoms with Gasteiger partial charge in [-0.25, -0.2) is 4.98 Å². The zero-order valence-electron chi connectivity index (χ0n) is 10.2. The second-order valence-corrected chi connectivity index (χ2v) is 4.81. The molecule has 2 aromatic heterocycles. The first kappa shape index (κ1) is 12.4. The molecule has 20 heavy (non-hydrogen) atoms. The van der Waals surface area contributed by atoms with Gasteiger partial charge in [0.15, 0.2) is 5.69 Å². The molecule has 0 saturated carbocycles. The molecule has 0 atom stereocenters. The van der Waals surface area contributed by atoms with Crippen molar-refractivity contribution in [2.45, 2.75) is 10.2 Å². The Hall–Kier alpha value is -2.65. The molecule has 5 nitrogen and oxygen atoms in total. The molecule has 0 aliphatic heterocycles. The van der Waals surface area contributed by atoms with Crippen LogP contribution in [0.4, 0.5) is 0 Å².